The third-order valence-electron chi connectivity index (χ3n) is 5.20. The summed E-state index contributed by atoms with van der Waals surface area (Å²) in [4.78, 5) is 12.9. The van der Waals surface area contributed by atoms with E-state index in [4.69, 9.17) is 9.47 Å². The van der Waals surface area contributed by atoms with Crippen molar-refractivity contribution in [3.8, 4) is 11.5 Å². The molecule has 0 atom stereocenters. The summed E-state index contributed by atoms with van der Waals surface area (Å²) >= 11 is 0. The van der Waals surface area contributed by atoms with Crippen molar-refractivity contribution < 1.29 is 22.7 Å². The molecular formula is C27H29N3O5S. The van der Waals surface area contributed by atoms with Crippen molar-refractivity contribution in [2.75, 3.05) is 24.6 Å². The Labute approximate surface area is 211 Å². The molecule has 8 nitrogen and oxygen atoms in total. The van der Waals surface area contributed by atoms with Crippen LogP contribution in [0.5, 0.6) is 11.5 Å². The van der Waals surface area contributed by atoms with Gasteiger partial charge in [-0.05, 0) is 66.9 Å². The van der Waals surface area contributed by atoms with Crippen molar-refractivity contribution in [2.24, 2.45) is 5.10 Å². The number of methoxy groups -OCH3 is 1. The highest BCUT2D eigenvalue weighted by Crippen LogP contribution is 2.28. The predicted molar refractivity (Wildman–Crippen MR) is 141 cm³/mol. The van der Waals surface area contributed by atoms with E-state index in [9.17, 15) is 13.2 Å². The molecule has 0 saturated carbocycles. The smallest absolute Gasteiger partial charge is 0.264 e. The summed E-state index contributed by atoms with van der Waals surface area (Å²) in [6.45, 7) is 7.17. The predicted octanol–water partition coefficient (Wildman–Crippen LogP) is 4.22. The molecule has 1 amide bonds. The van der Waals surface area contributed by atoms with Crippen LogP contribution in [0.25, 0.3) is 0 Å². The summed E-state index contributed by atoms with van der Waals surface area (Å²) in [5.74, 6) is 0.459. The number of nitrogens with zero attached hydrogens (tertiary/aromatic N) is 2. The van der Waals surface area contributed by atoms with Gasteiger partial charge in [0.15, 0.2) is 11.5 Å². The van der Waals surface area contributed by atoms with Gasteiger partial charge in [-0.1, -0.05) is 43.0 Å². The number of ether oxygens (including phenoxy) is 2. The number of rotatable bonds is 11. The Hall–Kier alpha value is -4.11. The van der Waals surface area contributed by atoms with Gasteiger partial charge in [-0.25, -0.2) is 13.8 Å². The van der Waals surface area contributed by atoms with Gasteiger partial charge in [0, 0.05) is 0 Å². The summed E-state index contributed by atoms with van der Waals surface area (Å²) < 4.78 is 38.9. The zero-order valence-corrected chi connectivity index (χ0v) is 21.3. The van der Waals surface area contributed by atoms with Crippen LogP contribution in [-0.2, 0) is 14.8 Å². The fourth-order valence-electron chi connectivity index (χ4n) is 3.38. The number of carbonyl (C=O) groups excluding carboxylic acids is 1. The molecule has 9 heteroatoms. The molecule has 0 saturated heterocycles. The zero-order chi connectivity index (χ0) is 26.1. The summed E-state index contributed by atoms with van der Waals surface area (Å²) in [6, 6.07) is 18.6. The highest BCUT2D eigenvalue weighted by atomic mass is 32.2. The van der Waals surface area contributed by atoms with Gasteiger partial charge in [-0.3, -0.25) is 9.10 Å². The summed E-state index contributed by atoms with van der Waals surface area (Å²) in [6.07, 6.45) is 3.07. The first-order valence-corrected chi connectivity index (χ1v) is 12.6. The van der Waals surface area contributed by atoms with Crippen molar-refractivity contribution in [1.29, 1.82) is 0 Å². The van der Waals surface area contributed by atoms with Crippen LogP contribution >= 0.6 is 0 Å². The van der Waals surface area contributed by atoms with E-state index in [0.29, 0.717) is 29.4 Å². The van der Waals surface area contributed by atoms with Gasteiger partial charge in [-0.15, -0.1) is 0 Å². The monoisotopic (exact) mass is 507 g/mol. The van der Waals surface area contributed by atoms with E-state index in [2.05, 4.69) is 17.1 Å². The van der Waals surface area contributed by atoms with Crippen LogP contribution in [0.1, 0.15) is 16.7 Å². The van der Waals surface area contributed by atoms with Gasteiger partial charge in [-0.2, -0.15) is 5.10 Å². The van der Waals surface area contributed by atoms with Gasteiger partial charge in [0.1, 0.15) is 13.2 Å². The number of hydrogen-bond donors (Lipinski definition) is 1. The molecule has 3 aromatic rings. The minimum absolute atomic E-state index is 0.0908. The van der Waals surface area contributed by atoms with Crippen LogP contribution in [0.4, 0.5) is 5.69 Å². The normalized spacial score (nSPS) is 11.2. The number of aryl methyl sites for hydroxylation is 2. The Morgan fingerprint density at radius 1 is 1.06 bits per heavy atom. The third kappa shape index (κ3) is 6.51. The molecule has 0 fully saturated rings. The first-order valence-electron chi connectivity index (χ1n) is 11.1. The molecule has 1 N–H and O–H groups in total. The molecule has 3 rings (SSSR count). The Balaban J connectivity index is 1.81. The molecule has 3 aromatic carbocycles. The Morgan fingerprint density at radius 3 is 2.50 bits per heavy atom. The number of carbonyl (C=O) groups is 1. The number of nitrogens with one attached hydrogen (secondary N) is 1. The molecule has 0 aromatic heterocycles. The van der Waals surface area contributed by atoms with Crippen molar-refractivity contribution in [3.05, 3.63) is 96.1 Å². The van der Waals surface area contributed by atoms with Crippen molar-refractivity contribution >= 4 is 27.8 Å². The maximum atomic E-state index is 13.5. The second-order valence-electron chi connectivity index (χ2n) is 7.92. The minimum Gasteiger partial charge on any atom is -0.493 e. The van der Waals surface area contributed by atoms with Gasteiger partial charge >= 0.3 is 0 Å². The Bertz CT molecular complexity index is 1360. The number of sulfonamides is 1. The standard InChI is InChI=1S/C27H29N3O5S/c1-5-15-35-25-14-13-22(17-26(25)34-4)18-28-29-27(31)19-30(24-16-20(2)11-12-21(24)3)36(32,33)23-9-7-6-8-10-23/h5-14,16-18H,1,15,19H2,2-4H3,(H,29,31)/b28-18-. The van der Waals surface area contributed by atoms with Gasteiger partial charge < -0.3 is 9.47 Å². The van der Waals surface area contributed by atoms with Gasteiger partial charge in [0.2, 0.25) is 0 Å². The number of amides is 1. The van der Waals surface area contributed by atoms with Crippen LogP contribution in [-0.4, -0.2) is 40.8 Å². The Morgan fingerprint density at radius 2 is 1.81 bits per heavy atom. The van der Waals surface area contributed by atoms with E-state index in [-0.39, 0.29) is 4.90 Å². The fraction of sp³-hybridized carbons (Fsp3) is 0.185. The lowest BCUT2D eigenvalue weighted by atomic mass is 10.1. The Kier molecular flexibility index (Phi) is 8.86. The average Bonchev–Trinajstić information content (AvgIpc) is 2.88. The highest BCUT2D eigenvalue weighted by molar-refractivity contribution is 7.92. The number of hydrazone groups is 1. The molecule has 0 aliphatic carbocycles. The number of anilines is 1. The maximum absolute atomic E-state index is 13.5. The lowest BCUT2D eigenvalue weighted by molar-refractivity contribution is -0.119. The molecule has 0 radical (unpaired) electrons. The lowest BCUT2D eigenvalue weighted by Crippen LogP contribution is -2.40. The zero-order valence-electron chi connectivity index (χ0n) is 20.5. The average molecular weight is 508 g/mol. The van der Waals surface area contributed by atoms with E-state index in [0.717, 1.165) is 15.4 Å². The maximum Gasteiger partial charge on any atom is 0.264 e. The molecule has 0 heterocycles. The number of benzene rings is 3. The molecular weight excluding hydrogens is 478 g/mol. The molecule has 188 valence electrons. The van der Waals surface area contributed by atoms with Crippen LogP contribution in [0, 0.1) is 13.8 Å². The van der Waals surface area contributed by atoms with Crippen LogP contribution in [0.15, 0.2) is 89.4 Å². The topological polar surface area (TPSA) is 97.3 Å². The van der Waals surface area contributed by atoms with E-state index in [1.54, 1.807) is 55.5 Å². The van der Waals surface area contributed by atoms with Gasteiger partial charge in [0.05, 0.1) is 23.9 Å². The number of hydrogen-bond acceptors (Lipinski definition) is 6. The van der Waals surface area contributed by atoms with Crippen LogP contribution in [0.3, 0.4) is 0 Å². The molecule has 0 aliphatic rings. The second-order valence-corrected chi connectivity index (χ2v) is 9.78. The van der Waals surface area contributed by atoms with Crippen LogP contribution < -0.4 is 19.2 Å². The van der Waals surface area contributed by atoms with E-state index >= 15 is 0 Å². The van der Waals surface area contributed by atoms with E-state index in [1.165, 1.54) is 25.5 Å². The molecule has 0 bridgehead atoms. The highest BCUT2D eigenvalue weighted by Gasteiger charge is 2.28. The largest absolute Gasteiger partial charge is 0.493 e. The third-order valence-corrected chi connectivity index (χ3v) is 6.97. The molecule has 0 unspecified atom stereocenters. The van der Waals surface area contributed by atoms with Crippen LogP contribution in [0.2, 0.25) is 0 Å². The van der Waals surface area contributed by atoms with E-state index < -0.39 is 22.5 Å². The van der Waals surface area contributed by atoms with Crippen molar-refractivity contribution in [2.45, 2.75) is 18.7 Å². The molecule has 0 spiro atoms. The summed E-state index contributed by atoms with van der Waals surface area (Å²) in [7, 11) is -2.48. The first-order chi connectivity index (χ1) is 17.3. The summed E-state index contributed by atoms with van der Waals surface area (Å²) in [5.41, 5.74) is 5.09. The molecule has 36 heavy (non-hydrogen) atoms. The summed E-state index contributed by atoms with van der Waals surface area (Å²) in [5, 5.41) is 3.99. The SMILES string of the molecule is C=CCOc1ccc(/C=N\NC(=O)CN(c2cc(C)ccc2C)S(=O)(=O)c2ccccc2)cc1OC. The lowest BCUT2D eigenvalue weighted by Gasteiger charge is -2.25. The first kappa shape index (κ1) is 26.5. The fourth-order valence-corrected chi connectivity index (χ4v) is 4.88. The molecule has 0 aliphatic heterocycles. The second kappa shape index (κ2) is 12.0. The quantitative estimate of drug-likeness (QED) is 0.238. The van der Waals surface area contributed by atoms with Gasteiger partial charge in [0.25, 0.3) is 15.9 Å². The minimum atomic E-state index is -4.00. The van der Waals surface area contributed by atoms with Crippen molar-refractivity contribution in [3.63, 3.8) is 0 Å². The van der Waals surface area contributed by atoms with E-state index in [1.807, 2.05) is 19.1 Å². The van der Waals surface area contributed by atoms with Crippen molar-refractivity contribution in [1.82, 2.24) is 5.43 Å².